The monoisotopic (exact) mass is 228 g/mol. The molecule has 0 spiro atoms. The maximum atomic E-state index is 4.14. The molecule has 0 saturated heterocycles. The van der Waals surface area contributed by atoms with Gasteiger partial charge >= 0.3 is 0 Å². The molecule has 0 heteroatoms. The van der Waals surface area contributed by atoms with Crippen molar-refractivity contribution in [1.29, 1.82) is 0 Å². The first-order chi connectivity index (χ1) is 8.08. The summed E-state index contributed by atoms with van der Waals surface area (Å²) in [6.07, 6.45) is 5.57. The van der Waals surface area contributed by atoms with Crippen LogP contribution in [0.2, 0.25) is 0 Å². The van der Waals surface area contributed by atoms with E-state index >= 15 is 0 Å². The average molecular weight is 228 g/mol. The third-order valence-corrected chi connectivity index (χ3v) is 2.76. The van der Waals surface area contributed by atoms with Crippen molar-refractivity contribution in [2.75, 3.05) is 0 Å². The number of hydrogen-bond acceptors (Lipinski definition) is 0. The first-order valence-electron chi connectivity index (χ1n) is 6.47. The second-order valence-electron chi connectivity index (χ2n) is 5.23. The molecule has 17 heavy (non-hydrogen) atoms. The minimum absolute atomic E-state index is 0.730. The predicted molar refractivity (Wildman–Crippen MR) is 77.1 cm³/mol. The van der Waals surface area contributed by atoms with Gasteiger partial charge in [-0.2, -0.15) is 0 Å². The van der Waals surface area contributed by atoms with Crippen LogP contribution >= 0.6 is 0 Å². The lowest BCUT2D eigenvalue weighted by Crippen LogP contribution is -1.90. The molecule has 0 atom stereocenters. The Morgan fingerprint density at radius 3 is 2.47 bits per heavy atom. The quantitative estimate of drug-likeness (QED) is 0.589. The fraction of sp³-hybridized carbons (Fsp3) is 0.412. The van der Waals surface area contributed by atoms with Gasteiger partial charge in [-0.1, -0.05) is 68.0 Å². The number of allylic oxidation sites excluding steroid dienone is 3. The average Bonchev–Trinajstić information content (AvgIpc) is 2.26. The highest BCUT2D eigenvalue weighted by Gasteiger charge is 1.98. The molecule has 0 radical (unpaired) electrons. The zero-order valence-corrected chi connectivity index (χ0v) is 11.4. The molecule has 0 saturated carbocycles. The fourth-order valence-corrected chi connectivity index (χ4v) is 2.07. The number of benzene rings is 1. The third kappa shape index (κ3) is 6.11. The molecule has 0 aromatic heterocycles. The van der Waals surface area contributed by atoms with Gasteiger partial charge in [-0.25, -0.2) is 0 Å². The van der Waals surface area contributed by atoms with E-state index in [1.807, 2.05) is 0 Å². The van der Waals surface area contributed by atoms with Crippen LogP contribution in [0.3, 0.4) is 0 Å². The number of hydrogen-bond donors (Lipinski definition) is 0. The Balaban J connectivity index is 2.40. The summed E-state index contributed by atoms with van der Waals surface area (Å²) < 4.78 is 0. The van der Waals surface area contributed by atoms with Gasteiger partial charge in [0.2, 0.25) is 0 Å². The summed E-state index contributed by atoms with van der Waals surface area (Å²) in [5.41, 5.74) is 4.08. The van der Waals surface area contributed by atoms with Crippen molar-refractivity contribution in [3.05, 3.63) is 59.7 Å². The molecule has 0 bridgehead atoms. The van der Waals surface area contributed by atoms with Crippen LogP contribution in [0.25, 0.3) is 0 Å². The first kappa shape index (κ1) is 13.8. The molecule has 92 valence electrons. The molecule has 0 aliphatic rings. The van der Waals surface area contributed by atoms with Crippen LogP contribution in [-0.4, -0.2) is 0 Å². The summed E-state index contributed by atoms with van der Waals surface area (Å²) in [7, 11) is 0. The van der Waals surface area contributed by atoms with Gasteiger partial charge in [0.25, 0.3) is 0 Å². The van der Waals surface area contributed by atoms with Gasteiger partial charge in [0, 0.05) is 0 Å². The van der Waals surface area contributed by atoms with Gasteiger partial charge in [-0.3, -0.25) is 0 Å². The van der Waals surface area contributed by atoms with E-state index in [4.69, 9.17) is 0 Å². The maximum absolute atomic E-state index is 4.14. The molecule has 1 aromatic carbocycles. The Bertz CT molecular complexity index is 368. The van der Waals surface area contributed by atoms with E-state index in [0.717, 1.165) is 18.8 Å². The van der Waals surface area contributed by atoms with Crippen molar-refractivity contribution in [2.24, 2.45) is 5.92 Å². The van der Waals surface area contributed by atoms with Crippen LogP contribution in [0.4, 0.5) is 0 Å². The molecule has 0 amide bonds. The lowest BCUT2D eigenvalue weighted by Gasteiger charge is -2.06. The van der Waals surface area contributed by atoms with Crippen LogP contribution in [0.1, 0.15) is 39.2 Å². The molecule has 0 heterocycles. The molecule has 0 nitrogen and oxygen atoms in total. The Labute approximate surface area is 106 Å². The summed E-state index contributed by atoms with van der Waals surface area (Å²) in [5, 5.41) is 0. The maximum Gasteiger partial charge on any atom is -0.0238 e. The summed E-state index contributed by atoms with van der Waals surface area (Å²) in [6, 6.07) is 10.6. The van der Waals surface area contributed by atoms with Crippen molar-refractivity contribution >= 4 is 0 Å². The summed E-state index contributed by atoms with van der Waals surface area (Å²) in [4.78, 5) is 0. The van der Waals surface area contributed by atoms with Gasteiger partial charge in [-0.05, 0) is 37.7 Å². The fourth-order valence-electron chi connectivity index (χ4n) is 2.07. The van der Waals surface area contributed by atoms with E-state index in [9.17, 15) is 0 Å². The van der Waals surface area contributed by atoms with E-state index in [1.54, 1.807) is 0 Å². The Morgan fingerprint density at radius 1 is 1.24 bits per heavy atom. The second kappa shape index (κ2) is 7.11. The molecule has 0 unspecified atom stereocenters. The van der Waals surface area contributed by atoms with E-state index in [0.29, 0.717) is 0 Å². The molecule has 0 N–H and O–H groups in total. The van der Waals surface area contributed by atoms with Gasteiger partial charge in [-0.15, -0.1) is 0 Å². The second-order valence-corrected chi connectivity index (χ2v) is 5.23. The third-order valence-electron chi connectivity index (χ3n) is 2.76. The van der Waals surface area contributed by atoms with Crippen molar-refractivity contribution in [3.63, 3.8) is 0 Å². The van der Waals surface area contributed by atoms with Crippen molar-refractivity contribution in [3.8, 4) is 0 Å². The Kier molecular flexibility index (Phi) is 5.76. The first-order valence-corrected chi connectivity index (χ1v) is 6.47. The van der Waals surface area contributed by atoms with Crippen LogP contribution in [-0.2, 0) is 6.42 Å². The highest BCUT2D eigenvalue weighted by Crippen LogP contribution is 2.15. The molecule has 0 aliphatic carbocycles. The SMILES string of the molecule is C=C(/C=C(\C)CC(C)C)CCc1ccccc1. The zero-order chi connectivity index (χ0) is 12.7. The van der Waals surface area contributed by atoms with E-state index in [2.05, 4.69) is 63.8 Å². The normalized spacial score (nSPS) is 11.9. The van der Waals surface area contributed by atoms with Crippen LogP contribution < -0.4 is 0 Å². The molecule has 1 aromatic rings. The minimum atomic E-state index is 0.730. The lowest BCUT2D eigenvalue weighted by molar-refractivity contribution is 0.642. The largest absolute Gasteiger partial charge is 0.0958 e. The van der Waals surface area contributed by atoms with Gasteiger partial charge in [0.05, 0.1) is 0 Å². The molecular formula is C17H24. The summed E-state index contributed by atoms with van der Waals surface area (Å²) in [6.45, 7) is 10.9. The summed E-state index contributed by atoms with van der Waals surface area (Å²) in [5.74, 6) is 0.730. The number of aryl methyl sites for hydroxylation is 1. The zero-order valence-electron chi connectivity index (χ0n) is 11.4. The van der Waals surface area contributed by atoms with Crippen LogP contribution in [0, 0.1) is 5.92 Å². The lowest BCUT2D eigenvalue weighted by atomic mass is 10.00. The van der Waals surface area contributed by atoms with Gasteiger partial charge in [0.15, 0.2) is 0 Å². The molecule has 0 aliphatic heterocycles. The van der Waals surface area contributed by atoms with E-state index in [-0.39, 0.29) is 0 Å². The van der Waals surface area contributed by atoms with Crippen molar-refractivity contribution < 1.29 is 0 Å². The predicted octanol–water partition coefficient (Wildman–Crippen LogP) is 5.17. The number of rotatable bonds is 6. The topological polar surface area (TPSA) is 0 Å². The Hall–Kier alpha value is -1.30. The van der Waals surface area contributed by atoms with E-state index in [1.165, 1.54) is 23.1 Å². The van der Waals surface area contributed by atoms with E-state index < -0.39 is 0 Å². The highest BCUT2D eigenvalue weighted by atomic mass is 14.0. The van der Waals surface area contributed by atoms with Crippen molar-refractivity contribution in [1.82, 2.24) is 0 Å². The summed E-state index contributed by atoms with van der Waals surface area (Å²) >= 11 is 0. The molecular weight excluding hydrogens is 204 g/mol. The van der Waals surface area contributed by atoms with Gasteiger partial charge < -0.3 is 0 Å². The van der Waals surface area contributed by atoms with Gasteiger partial charge in [0.1, 0.15) is 0 Å². The van der Waals surface area contributed by atoms with Crippen molar-refractivity contribution in [2.45, 2.75) is 40.0 Å². The molecule has 1 rings (SSSR count). The standard InChI is InChI=1S/C17H24/c1-14(2)12-16(4)13-15(3)10-11-17-8-6-5-7-9-17/h5-9,13-14H,3,10-12H2,1-2,4H3/b16-13+. The molecule has 0 fully saturated rings. The highest BCUT2D eigenvalue weighted by molar-refractivity contribution is 5.22. The smallest absolute Gasteiger partial charge is 0.0238 e. The minimum Gasteiger partial charge on any atom is -0.0958 e. The Morgan fingerprint density at radius 2 is 1.88 bits per heavy atom. The van der Waals surface area contributed by atoms with Crippen LogP contribution in [0.5, 0.6) is 0 Å². The van der Waals surface area contributed by atoms with Crippen LogP contribution in [0.15, 0.2) is 54.1 Å².